The van der Waals surface area contributed by atoms with Gasteiger partial charge in [-0.2, -0.15) is 0 Å². The van der Waals surface area contributed by atoms with E-state index in [4.69, 9.17) is 11.6 Å². The molecule has 0 saturated heterocycles. The van der Waals surface area contributed by atoms with E-state index in [1.165, 1.54) is 25.3 Å². The number of halogens is 2. The van der Waals surface area contributed by atoms with Crippen molar-refractivity contribution in [1.82, 2.24) is 0 Å². The third-order valence-corrected chi connectivity index (χ3v) is 5.59. The number of benzene rings is 2. The Morgan fingerprint density at radius 3 is 2.48 bits per heavy atom. The van der Waals surface area contributed by atoms with E-state index in [-0.39, 0.29) is 15.5 Å². The van der Waals surface area contributed by atoms with Crippen molar-refractivity contribution in [2.45, 2.75) is 11.8 Å². The minimum Gasteiger partial charge on any atom is -0.465 e. The monoisotopic (exact) mass is 465 g/mol. The van der Waals surface area contributed by atoms with E-state index in [1.54, 1.807) is 12.1 Å². The molecule has 0 aliphatic carbocycles. The van der Waals surface area contributed by atoms with Crippen molar-refractivity contribution in [3.05, 3.63) is 56.1 Å². The van der Waals surface area contributed by atoms with Crippen LogP contribution < -0.4 is 4.72 Å². The van der Waals surface area contributed by atoms with Crippen LogP contribution in [0.5, 0.6) is 0 Å². The highest BCUT2D eigenvalue weighted by molar-refractivity contribution is 14.1. The van der Waals surface area contributed by atoms with Gasteiger partial charge in [-0.3, -0.25) is 4.72 Å². The zero-order valence-electron chi connectivity index (χ0n) is 12.3. The van der Waals surface area contributed by atoms with Gasteiger partial charge in [0.2, 0.25) is 0 Å². The largest absolute Gasteiger partial charge is 0.465 e. The average Bonchev–Trinajstić information content (AvgIpc) is 2.48. The molecule has 2 aromatic carbocycles. The molecule has 0 bridgehead atoms. The molecule has 0 aliphatic rings. The molecule has 0 atom stereocenters. The highest BCUT2D eigenvalue weighted by atomic mass is 127. The molecule has 0 spiro atoms. The van der Waals surface area contributed by atoms with Gasteiger partial charge in [0.05, 0.1) is 23.4 Å². The first-order valence-electron chi connectivity index (χ1n) is 6.41. The number of carbonyl (C=O) groups excluding carboxylic acids is 1. The second-order valence-electron chi connectivity index (χ2n) is 4.70. The Kier molecular flexibility index (Phi) is 5.53. The lowest BCUT2D eigenvalue weighted by atomic mass is 10.2. The third-order valence-electron chi connectivity index (χ3n) is 3.08. The van der Waals surface area contributed by atoms with Crippen LogP contribution in [0.3, 0.4) is 0 Å². The van der Waals surface area contributed by atoms with E-state index >= 15 is 0 Å². The fourth-order valence-electron chi connectivity index (χ4n) is 1.90. The van der Waals surface area contributed by atoms with Gasteiger partial charge in [-0.25, -0.2) is 13.2 Å². The van der Waals surface area contributed by atoms with E-state index < -0.39 is 16.0 Å². The summed E-state index contributed by atoms with van der Waals surface area (Å²) in [5.41, 5.74) is 1.45. The number of carbonyl (C=O) groups is 1. The molecule has 5 nitrogen and oxygen atoms in total. The molecule has 0 fully saturated rings. The van der Waals surface area contributed by atoms with Gasteiger partial charge in [-0.1, -0.05) is 11.6 Å². The number of hydrogen-bond acceptors (Lipinski definition) is 4. The van der Waals surface area contributed by atoms with Crippen molar-refractivity contribution in [3.63, 3.8) is 0 Å². The maximum Gasteiger partial charge on any atom is 0.337 e. The molecule has 0 amide bonds. The van der Waals surface area contributed by atoms with E-state index in [9.17, 15) is 13.2 Å². The van der Waals surface area contributed by atoms with Crippen LogP contribution in [0, 0.1) is 10.5 Å². The van der Waals surface area contributed by atoms with Crippen molar-refractivity contribution >= 4 is 55.9 Å². The van der Waals surface area contributed by atoms with Crippen molar-refractivity contribution < 1.29 is 17.9 Å². The summed E-state index contributed by atoms with van der Waals surface area (Å²) >= 11 is 8.17. The maximum atomic E-state index is 12.5. The van der Waals surface area contributed by atoms with Crippen LogP contribution in [-0.2, 0) is 14.8 Å². The predicted octanol–water partition coefficient (Wildman–Crippen LogP) is 3.84. The van der Waals surface area contributed by atoms with Gasteiger partial charge in [-0.05, 0) is 71.5 Å². The SMILES string of the molecule is COC(=O)c1ccc(S(=O)(=O)Nc2ccc(I)cc2C)c(Cl)c1. The molecule has 0 radical (unpaired) electrons. The Balaban J connectivity index is 2.38. The molecule has 0 aromatic heterocycles. The summed E-state index contributed by atoms with van der Waals surface area (Å²) in [4.78, 5) is 11.3. The van der Waals surface area contributed by atoms with Gasteiger partial charge >= 0.3 is 5.97 Å². The zero-order valence-corrected chi connectivity index (χ0v) is 16.0. The predicted molar refractivity (Wildman–Crippen MR) is 97.5 cm³/mol. The number of sulfonamides is 1. The van der Waals surface area contributed by atoms with E-state index in [0.717, 1.165) is 9.13 Å². The second-order valence-corrected chi connectivity index (χ2v) is 8.01. The Morgan fingerprint density at radius 2 is 1.91 bits per heavy atom. The minimum absolute atomic E-state index is 0.0523. The number of nitrogens with one attached hydrogen (secondary N) is 1. The van der Waals surface area contributed by atoms with Gasteiger partial charge in [0, 0.05) is 3.57 Å². The Labute approximate surface area is 153 Å². The molecule has 2 aromatic rings. The number of esters is 1. The molecular formula is C15H13ClINO4S. The van der Waals surface area contributed by atoms with Gasteiger partial charge in [0.15, 0.2) is 0 Å². The van der Waals surface area contributed by atoms with Crippen LogP contribution in [0.4, 0.5) is 5.69 Å². The van der Waals surface area contributed by atoms with Crippen molar-refractivity contribution in [1.29, 1.82) is 0 Å². The standard InChI is InChI=1S/C15H13ClINO4S/c1-9-7-11(17)4-5-13(9)18-23(20,21)14-6-3-10(8-12(14)16)15(19)22-2/h3-8,18H,1-2H3. The summed E-state index contributed by atoms with van der Waals surface area (Å²) in [6.45, 7) is 1.81. The smallest absolute Gasteiger partial charge is 0.337 e. The molecule has 23 heavy (non-hydrogen) atoms. The van der Waals surface area contributed by atoms with Crippen LogP contribution in [0.25, 0.3) is 0 Å². The number of rotatable bonds is 4. The summed E-state index contributed by atoms with van der Waals surface area (Å²) < 4.78 is 33.1. The fraction of sp³-hybridized carbons (Fsp3) is 0.133. The van der Waals surface area contributed by atoms with Gasteiger partial charge < -0.3 is 4.74 Å². The zero-order chi connectivity index (χ0) is 17.2. The van der Waals surface area contributed by atoms with E-state index in [0.29, 0.717) is 5.69 Å². The first kappa shape index (κ1) is 18.0. The normalized spacial score (nSPS) is 11.1. The Hall–Kier alpha value is -1.32. The highest BCUT2D eigenvalue weighted by Gasteiger charge is 2.20. The average molecular weight is 466 g/mol. The molecule has 2 rings (SSSR count). The van der Waals surface area contributed by atoms with E-state index in [2.05, 4.69) is 32.0 Å². The minimum atomic E-state index is -3.87. The van der Waals surface area contributed by atoms with Crippen molar-refractivity contribution in [3.8, 4) is 0 Å². The van der Waals surface area contributed by atoms with Crippen LogP contribution in [0.1, 0.15) is 15.9 Å². The lowest BCUT2D eigenvalue weighted by Gasteiger charge is -2.12. The molecule has 8 heteroatoms. The first-order chi connectivity index (χ1) is 10.7. The van der Waals surface area contributed by atoms with Gasteiger partial charge in [0.25, 0.3) is 10.0 Å². The van der Waals surface area contributed by atoms with Gasteiger partial charge in [-0.15, -0.1) is 0 Å². The topological polar surface area (TPSA) is 72.5 Å². The fourth-order valence-corrected chi connectivity index (χ4v) is 4.23. The Morgan fingerprint density at radius 1 is 1.22 bits per heavy atom. The van der Waals surface area contributed by atoms with Crippen LogP contribution in [-0.4, -0.2) is 21.5 Å². The molecule has 122 valence electrons. The number of ether oxygens (including phenoxy) is 1. The number of aryl methyl sites for hydroxylation is 1. The van der Waals surface area contributed by atoms with Crippen LogP contribution in [0.2, 0.25) is 5.02 Å². The Bertz CT molecular complexity index is 868. The quantitative estimate of drug-likeness (QED) is 0.550. The van der Waals surface area contributed by atoms with Crippen LogP contribution in [0.15, 0.2) is 41.3 Å². The summed E-state index contributed by atoms with van der Waals surface area (Å²) in [7, 11) is -2.63. The number of methoxy groups -OCH3 is 1. The molecule has 0 heterocycles. The molecule has 1 N–H and O–H groups in total. The summed E-state index contributed by atoms with van der Waals surface area (Å²) in [5, 5.41) is -0.0523. The van der Waals surface area contributed by atoms with Crippen molar-refractivity contribution in [2.24, 2.45) is 0 Å². The number of anilines is 1. The van der Waals surface area contributed by atoms with Crippen molar-refractivity contribution in [2.75, 3.05) is 11.8 Å². The lowest BCUT2D eigenvalue weighted by Crippen LogP contribution is -2.15. The maximum absolute atomic E-state index is 12.5. The van der Waals surface area contributed by atoms with Crippen LogP contribution >= 0.6 is 34.2 Å². The second kappa shape index (κ2) is 7.06. The highest BCUT2D eigenvalue weighted by Crippen LogP contribution is 2.27. The van der Waals surface area contributed by atoms with Gasteiger partial charge in [0.1, 0.15) is 4.90 Å². The third kappa shape index (κ3) is 4.15. The lowest BCUT2D eigenvalue weighted by molar-refractivity contribution is 0.0600. The molecule has 0 unspecified atom stereocenters. The molecule has 0 saturated carbocycles. The molecular weight excluding hydrogens is 453 g/mol. The number of hydrogen-bond donors (Lipinski definition) is 1. The van der Waals surface area contributed by atoms with E-state index in [1.807, 2.05) is 13.0 Å². The summed E-state index contributed by atoms with van der Waals surface area (Å²) in [6, 6.07) is 9.24. The molecule has 0 aliphatic heterocycles. The first-order valence-corrected chi connectivity index (χ1v) is 9.35. The summed E-state index contributed by atoms with van der Waals surface area (Å²) in [5.74, 6) is -0.586. The summed E-state index contributed by atoms with van der Waals surface area (Å²) in [6.07, 6.45) is 0.